The summed E-state index contributed by atoms with van der Waals surface area (Å²) in [5, 5.41) is 0. The summed E-state index contributed by atoms with van der Waals surface area (Å²) in [5.41, 5.74) is 0. The zero-order chi connectivity index (χ0) is 7.44. The smallest absolute Gasteiger partial charge is 0.229 e. The van der Waals surface area contributed by atoms with Crippen LogP contribution in [0.2, 0.25) is 0 Å². The molecule has 0 unspecified atom stereocenters. The Balaban J connectivity index is 3.63. The minimum Gasteiger partial charge on any atom is -0.285 e. The first-order valence-electron chi connectivity index (χ1n) is 2.30. The van der Waals surface area contributed by atoms with Gasteiger partial charge >= 0.3 is 0 Å². The van der Waals surface area contributed by atoms with Crippen LogP contribution in [0, 0.1) is 0 Å². The molecule has 4 heteroatoms. The van der Waals surface area contributed by atoms with Crippen molar-refractivity contribution >= 4 is 29.5 Å². The van der Waals surface area contributed by atoms with Crippen molar-refractivity contribution in [2.75, 3.05) is 7.05 Å². The summed E-state index contributed by atoms with van der Waals surface area (Å²) < 4.78 is 1.81. The largest absolute Gasteiger partial charge is 0.285 e. The summed E-state index contributed by atoms with van der Waals surface area (Å²) >= 11 is 6.51. The fourth-order valence-corrected chi connectivity index (χ4v) is 0.949. The standard InChI is InChI=1S/C5H8ClNOS/c1-4(6)9-7(3)5(2)8/h1H2,2-3H3. The monoisotopic (exact) mass is 165 g/mol. The Bertz CT molecular complexity index is 137. The second kappa shape index (κ2) is 3.80. The Morgan fingerprint density at radius 3 is 2.33 bits per heavy atom. The third-order valence-corrected chi connectivity index (χ3v) is 1.62. The number of carbonyl (C=O) groups excluding carboxylic acids is 1. The Labute approximate surface area is 64.0 Å². The van der Waals surface area contributed by atoms with Gasteiger partial charge in [0.2, 0.25) is 5.91 Å². The Hall–Kier alpha value is -0.150. The molecule has 1 amide bonds. The maximum atomic E-state index is 10.5. The fourth-order valence-electron chi connectivity index (χ4n) is 0.213. The lowest BCUT2D eigenvalue weighted by Gasteiger charge is -2.10. The lowest BCUT2D eigenvalue weighted by Crippen LogP contribution is -2.14. The Morgan fingerprint density at radius 2 is 2.22 bits per heavy atom. The maximum Gasteiger partial charge on any atom is 0.229 e. The van der Waals surface area contributed by atoms with Crippen LogP contribution < -0.4 is 0 Å². The van der Waals surface area contributed by atoms with Gasteiger partial charge in [0, 0.05) is 25.9 Å². The summed E-state index contributed by atoms with van der Waals surface area (Å²) in [5.74, 6) is -0.0400. The molecule has 0 bridgehead atoms. The average Bonchev–Trinajstić information content (AvgIpc) is 1.63. The molecule has 52 valence electrons. The van der Waals surface area contributed by atoms with Gasteiger partial charge in [0.15, 0.2) is 0 Å². The third kappa shape index (κ3) is 4.36. The molecular formula is C5H8ClNOS. The molecule has 0 radical (unpaired) electrons. The molecule has 0 atom stereocenters. The molecule has 9 heavy (non-hydrogen) atoms. The fraction of sp³-hybridized carbons (Fsp3) is 0.400. The van der Waals surface area contributed by atoms with Crippen molar-refractivity contribution in [1.29, 1.82) is 0 Å². The molecule has 0 aromatic heterocycles. The number of halogens is 1. The van der Waals surface area contributed by atoms with E-state index in [4.69, 9.17) is 11.6 Å². The van der Waals surface area contributed by atoms with Gasteiger partial charge in [-0.2, -0.15) is 0 Å². The van der Waals surface area contributed by atoms with Crippen molar-refractivity contribution in [2.24, 2.45) is 0 Å². The molecule has 0 fully saturated rings. The van der Waals surface area contributed by atoms with Crippen molar-refractivity contribution in [1.82, 2.24) is 4.31 Å². The quantitative estimate of drug-likeness (QED) is 0.582. The van der Waals surface area contributed by atoms with Crippen molar-refractivity contribution < 1.29 is 4.79 Å². The predicted octanol–water partition coefficient (Wildman–Crippen LogP) is 1.82. The maximum absolute atomic E-state index is 10.5. The first-order valence-corrected chi connectivity index (χ1v) is 3.46. The molecular weight excluding hydrogens is 158 g/mol. The molecule has 0 spiro atoms. The molecule has 0 aliphatic heterocycles. The molecule has 2 nitrogen and oxygen atoms in total. The summed E-state index contributed by atoms with van der Waals surface area (Å²) in [7, 11) is 1.64. The molecule has 0 rings (SSSR count). The lowest BCUT2D eigenvalue weighted by molar-refractivity contribution is -0.122. The van der Waals surface area contributed by atoms with Gasteiger partial charge in [0.1, 0.15) is 0 Å². The van der Waals surface area contributed by atoms with Crippen molar-refractivity contribution in [2.45, 2.75) is 6.92 Å². The summed E-state index contributed by atoms with van der Waals surface area (Å²) in [6.45, 7) is 4.88. The molecule has 0 heterocycles. The number of hydrogen-bond donors (Lipinski definition) is 0. The topological polar surface area (TPSA) is 20.3 Å². The number of amides is 1. The van der Waals surface area contributed by atoms with E-state index in [0.29, 0.717) is 4.36 Å². The van der Waals surface area contributed by atoms with E-state index in [2.05, 4.69) is 6.58 Å². The summed E-state index contributed by atoms with van der Waals surface area (Å²) in [6, 6.07) is 0. The number of rotatable bonds is 2. The molecule has 0 N–H and O–H groups in total. The number of hydrogen-bond acceptors (Lipinski definition) is 2. The molecule has 0 aliphatic carbocycles. The zero-order valence-electron chi connectivity index (χ0n) is 5.35. The molecule has 0 aromatic carbocycles. The van der Waals surface area contributed by atoms with Crippen LogP contribution in [-0.4, -0.2) is 17.3 Å². The van der Waals surface area contributed by atoms with Crippen LogP contribution in [0.15, 0.2) is 10.9 Å². The van der Waals surface area contributed by atoms with Crippen molar-refractivity contribution in [3.05, 3.63) is 10.9 Å². The normalized spacial score (nSPS) is 8.78. The van der Waals surface area contributed by atoms with Gasteiger partial charge in [0.05, 0.1) is 4.36 Å². The highest BCUT2D eigenvalue weighted by molar-refractivity contribution is 8.02. The molecule has 0 saturated carbocycles. The SMILES string of the molecule is C=C(Cl)SN(C)C(C)=O. The van der Waals surface area contributed by atoms with Gasteiger partial charge in [-0.15, -0.1) is 0 Å². The van der Waals surface area contributed by atoms with Crippen LogP contribution >= 0.6 is 23.5 Å². The highest BCUT2D eigenvalue weighted by atomic mass is 35.5. The second-order valence-electron chi connectivity index (χ2n) is 1.46. The third-order valence-electron chi connectivity index (χ3n) is 0.679. The van der Waals surface area contributed by atoms with Crippen LogP contribution in [0.1, 0.15) is 6.92 Å². The highest BCUT2D eigenvalue weighted by Gasteiger charge is 2.01. The van der Waals surface area contributed by atoms with Gasteiger partial charge in [-0.05, 0) is 0 Å². The predicted molar refractivity (Wildman–Crippen MR) is 41.0 cm³/mol. The molecule has 0 saturated heterocycles. The van der Waals surface area contributed by atoms with Crippen molar-refractivity contribution in [3.63, 3.8) is 0 Å². The Kier molecular flexibility index (Phi) is 3.73. The van der Waals surface area contributed by atoms with Crippen LogP contribution in [0.5, 0.6) is 0 Å². The van der Waals surface area contributed by atoms with Crippen molar-refractivity contribution in [3.8, 4) is 0 Å². The van der Waals surface area contributed by atoms with Gasteiger partial charge in [-0.1, -0.05) is 18.2 Å². The van der Waals surface area contributed by atoms with Crippen LogP contribution in [-0.2, 0) is 4.79 Å². The first-order chi connectivity index (χ1) is 4.04. The van der Waals surface area contributed by atoms with E-state index in [1.807, 2.05) is 0 Å². The van der Waals surface area contributed by atoms with Gasteiger partial charge in [0.25, 0.3) is 0 Å². The summed E-state index contributed by atoms with van der Waals surface area (Å²) in [6.07, 6.45) is 0. The van der Waals surface area contributed by atoms with Crippen LogP contribution in [0.4, 0.5) is 0 Å². The van der Waals surface area contributed by atoms with Gasteiger partial charge < -0.3 is 0 Å². The lowest BCUT2D eigenvalue weighted by atomic mass is 10.7. The molecule has 0 aliphatic rings. The van der Waals surface area contributed by atoms with E-state index >= 15 is 0 Å². The highest BCUT2D eigenvalue weighted by Crippen LogP contribution is 2.20. The second-order valence-corrected chi connectivity index (χ2v) is 3.37. The van der Waals surface area contributed by atoms with Crippen LogP contribution in [0.3, 0.4) is 0 Å². The van der Waals surface area contributed by atoms with E-state index in [9.17, 15) is 4.79 Å². The molecule has 0 aromatic rings. The zero-order valence-corrected chi connectivity index (χ0v) is 6.92. The van der Waals surface area contributed by atoms with Crippen LogP contribution in [0.25, 0.3) is 0 Å². The number of nitrogens with zero attached hydrogens (tertiary/aromatic N) is 1. The minimum absolute atomic E-state index is 0.0400. The Morgan fingerprint density at radius 1 is 1.78 bits per heavy atom. The van der Waals surface area contributed by atoms with E-state index < -0.39 is 0 Å². The van der Waals surface area contributed by atoms with E-state index in [1.54, 1.807) is 7.05 Å². The minimum atomic E-state index is -0.0400. The number of carbonyl (C=O) groups is 1. The van der Waals surface area contributed by atoms with Gasteiger partial charge in [-0.3, -0.25) is 9.10 Å². The first kappa shape index (κ1) is 8.85. The van der Waals surface area contributed by atoms with E-state index in [0.717, 1.165) is 11.9 Å². The van der Waals surface area contributed by atoms with E-state index in [1.165, 1.54) is 11.2 Å². The summed E-state index contributed by atoms with van der Waals surface area (Å²) in [4.78, 5) is 10.5. The van der Waals surface area contributed by atoms with Gasteiger partial charge in [-0.25, -0.2) is 0 Å². The van der Waals surface area contributed by atoms with E-state index in [-0.39, 0.29) is 5.91 Å². The average molecular weight is 166 g/mol.